The quantitative estimate of drug-likeness (QED) is 0.0693. The van der Waals surface area contributed by atoms with Crippen molar-refractivity contribution in [2.45, 2.75) is 27.0 Å². The van der Waals surface area contributed by atoms with Crippen LogP contribution >= 0.6 is 10.3 Å². The Morgan fingerprint density at radius 3 is 0.940 bits per heavy atom. The van der Waals surface area contributed by atoms with Crippen molar-refractivity contribution < 1.29 is 137 Å². The SMILES string of the molecule is O=C(OS(c1ccccc1)(c1ccc(C(F)(F)F)cc1)c1ccc(C(F)(F)F)cc1)c1cc(Oc2c(F)c(F)c(F)c(F)c2F)c(Oc2c(F)c(F)c(F)c(F)c2F)c(Oc2c(F)c(F)c(F)c(F)c2F)c1-c1c(F)c(F)c(F)c(F)c1F. The van der Waals surface area contributed by atoms with Gasteiger partial charge in [0.15, 0.2) is 34.8 Å². The molecule has 8 rings (SSSR count). The number of benzene rings is 8. The van der Waals surface area contributed by atoms with Gasteiger partial charge in [0.1, 0.15) is 0 Å². The zero-order chi connectivity index (χ0) is 61.4. The first-order chi connectivity index (χ1) is 38.7. The monoisotopic (exact) mass is 1230 g/mol. The number of hydrogen-bond acceptors (Lipinski definition) is 5. The van der Waals surface area contributed by atoms with Crippen molar-refractivity contribution in [3.05, 3.63) is 218 Å². The first-order valence-electron chi connectivity index (χ1n) is 21.5. The smallest absolute Gasteiger partial charge is 0.416 e. The number of ether oxygens (including phenoxy) is 3. The molecule has 0 aliphatic rings. The lowest BCUT2D eigenvalue weighted by Crippen LogP contribution is -2.17. The Labute approximate surface area is 443 Å². The molecular weight excluding hydrogens is 1220 g/mol. The molecule has 0 amide bonds. The average molecular weight is 1230 g/mol. The molecule has 0 aliphatic heterocycles. The molecule has 0 heterocycles. The van der Waals surface area contributed by atoms with E-state index in [4.69, 9.17) is 13.7 Å². The van der Waals surface area contributed by atoms with E-state index in [0.29, 0.717) is 24.3 Å². The Kier molecular flexibility index (Phi) is 15.8. The van der Waals surface area contributed by atoms with Crippen molar-refractivity contribution in [3.8, 4) is 45.6 Å². The minimum atomic E-state index is -5.25. The van der Waals surface area contributed by atoms with Gasteiger partial charge >= 0.3 is 18.3 Å². The molecule has 0 radical (unpaired) electrons. The molecule has 32 heteroatoms. The molecule has 0 bridgehead atoms. The van der Waals surface area contributed by atoms with Gasteiger partial charge < -0.3 is 18.4 Å². The Morgan fingerprint density at radius 2 is 0.602 bits per heavy atom. The summed E-state index contributed by atoms with van der Waals surface area (Å²) < 4.78 is 409. The summed E-state index contributed by atoms with van der Waals surface area (Å²) in [4.78, 5) is 13.2. The third kappa shape index (κ3) is 10.2. The van der Waals surface area contributed by atoms with Crippen LogP contribution in [0.25, 0.3) is 11.1 Å². The van der Waals surface area contributed by atoms with E-state index in [1.54, 1.807) is 0 Å². The summed E-state index contributed by atoms with van der Waals surface area (Å²) >= 11 is 0. The maximum atomic E-state index is 16.5. The maximum Gasteiger partial charge on any atom is 0.416 e. The summed E-state index contributed by atoms with van der Waals surface area (Å²) in [5.41, 5.74) is -11.1. The van der Waals surface area contributed by atoms with E-state index >= 15 is 48.7 Å². The molecular formula is C51H14F26O5S. The normalized spacial score (nSPS) is 12.2. The Balaban J connectivity index is 1.63. The Bertz CT molecular complexity index is 3790. The molecule has 8 aromatic rings. The van der Waals surface area contributed by atoms with E-state index in [1.807, 2.05) is 0 Å². The molecule has 0 saturated heterocycles. The van der Waals surface area contributed by atoms with Crippen LogP contribution in [-0.2, 0) is 16.5 Å². The van der Waals surface area contributed by atoms with Crippen LogP contribution in [-0.4, -0.2) is 5.97 Å². The number of carbonyl (C=O) groups excluding carboxylic acids is 1. The van der Waals surface area contributed by atoms with Gasteiger partial charge in [0.2, 0.25) is 116 Å². The first kappa shape index (κ1) is 60.3. The minimum Gasteiger partial charge on any atom is -0.447 e. The van der Waals surface area contributed by atoms with Crippen molar-refractivity contribution in [1.29, 1.82) is 0 Å². The molecule has 0 aromatic heterocycles. The third-order valence-corrected chi connectivity index (χ3v) is 14.5. The third-order valence-electron chi connectivity index (χ3n) is 11.3. The highest BCUT2D eigenvalue weighted by Crippen LogP contribution is 2.70. The summed E-state index contributed by atoms with van der Waals surface area (Å²) in [6.07, 6.45) is -10.5. The van der Waals surface area contributed by atoms with Gasteiger partial charge in [-0.3, -0.25) is 0 Å². The van der Waals surface area contributed by atoms with Crippen molar-refractivity contribution >= 4 is 16.3 Å². The second-order valence-electron chi connectivity index (χ2n) is 16.2. The van der Waals surface area contributed by atoms with Gasteiger partial charge in [-0.2, -0.15) is 52.7 Å². The lowest BCUT2D eigenvalue weighted by atomic mass is 9.95. The van der Waals surface area contributed by atoms with Crippen LogP contribution < -0.4 is 14.2 Å². The van der Waals surface area contributed by atoms with E-state index in [0.717, 1.165) is 30.3 Å². The van der Waals surface area contributed by atoms with E-state index < -0.39 is 228 Å². The number of rotatable bonds is 12. The maximum absolute atomic E-state index is 16.5. The van der Waals surface area contributed by atoms with E-state index in [9.17, 15) is 70.2 Å². The number of halogens is 26. The highest BCUT2D eigenvalue weighted by Gasteiger charge is 2.44. The van der Waals surface area contributed by atoms with Crippen LogP contribution in [0.2, 0.25) is 0 Å². The van der Waals surface area contributed by atoms with E-state index in [2.05, 4.69) is 4.74 Å². The summed E-state index contributed by atoms with van der Waals surface area (Å²) in [6.45, 7) is 0. The second kappa shape index (κ2) is 21.8. The molecule has 0 unspecified atom stereocenters. The number of carbonyl (C=O) groups is 1. The summed E-state index contributed by atoms with van der Waals surface area (Å²) in [5.74, 6) is -84.3. The molecule has 0 fully saturated rings. The van der Waals surface area contributed by atoms with E-state index in [-0.39, 0.29) is 24.3 Å². The zero-order valence-electron chi connectivity index (χ0n) is 38.9. The van der Waals surface area contributed by atoms with Gasteiger partial charge in [-0.1, -0.05) is 18.2 Å². The van der Waals surface area contributed by atoms with Crippen LogP contribution in [0.4, 0.5) is 114 Å². The lowest BCUT2D eigenvalue weighted by Gasteiger charge is -2.40. The largest absolute Gasteiger partial charge is 0.447 e. The standard InChI is InChI=1S/C51H14F26O5S/c52-24-23(25(53)27(55)28(56)26(24)54)22-20(49(78)82-83(17-4-2-1-3-5-17,18-10-6-15(7-11-18)50(72,73)74)19-12-8-16(9-13-19)51(75,76)77)14-21(79-46-38(66)32(60)29(57)33(61)39(46)67)44(80-47-40(68)34(62)30(58)35(63)41(47)69)45(22)81-48-42(70)36(64)31(59)37(65)43(48)71/h1-14H. The molecule has 0 atom stereocenters. The Morgan fingerprint density at radius 1 is 0.313 bits per heavy atom. The van der Waals surface area contributed by atoms with Crippen LogP contribution in [0.3, 0.4) is 0 Å². The average Bonchev–Trinajstić information content (AvgIpc) is 3.61. The molecule has 0 N–H and O–H groups in total. The van der Waals surface area contributed by atoms with Gasteiger partial charge in [0.05, 0.1) is 22.3 Å². The first-order valence-corrected chi connectivity index (χ1v) is 23.0. The van der Waals surface area contributed by atoms with Crippen molar-refractivity contribution in [2.75, 3.05) is 0 Å². The number of alkyl halides is 6. The van der Waals surface area contributed by atoms with Crippen LogP contribution in [0.5, 0.6) is 34.5 Å². The molecule has 8 aromatic carbocycles. The second-order valence-corrected chi connectivity index (χ2v) is 18.9. The van der Waals surface area contributed by atoms with Crippen LogP contribution in [0.1, 0.15) is 21.5 Å². The van der Waals surface area contributed by atoms with Gasteiger partial charge in [-0.25, -0.2) is 66.3 Å². The van der Waals surface area contributed by atoms with Crippen LogP contribution in [0, 0.1) is 116 Å². The predicted octanol–water partition coefficient (Wildman–Crippen LogP) is 18.6. The zero-order valence-corrected chi connectivity index (χ0v) is 39.7. The predicted molar refractivity (Wildman–Crippen MR) is 228 cm³/mol. The highest BCUT2D eigenvalue weighted by atomic mass is 32.3. The van der Waals surface area contributed by atoms with Crippen molar-refractivity contribution in [2.24, 2.45) is 0 Å². The summed E-state index contributed by atoms with van der Waals surface area (Å²) in [7, 11) is -4.77. The van der Waals surface area contributed by atoms with Crippen LogP contribution in [0.15, 0.2) is 99.6 Å². The van der Waals surface area contributed by atoms with E-state index in [1.165, 1.54) is 0 Å². The molecule has 436 valence electrons. The van der Waals surface area contributed by atoms with Crippen molar-refractivity contribution in [1.82, 2.24) is 0 Å². The topological polar surface area (TPSA) is 54.0 Å². The fraction of sp³-hybridized carbons (Fsp3) is 0.0392. The Hall–Kier alpha value is -8.84. The van der Waals surface area contributed by atoms with Gasteiger partial charge in [0, 0.05) is 26.3 Å². The lowest BCUT2D eigenvalue weighted by molar-refractivity contribution is -0.138. The van der Waals surface area contributed by atoms with Gasteiger partial charge in [-0.05, 0) is 71.0 Å². The molecule has 0 saturated carbocycles. The van der Waals surface area contributed by atoms with Crippen molar-refractivity contribution in [3.63, 3.8) is 0 Å². The summed E-state index contributed by atoms with van der Waals surface area (Å²) in [5, 5.41) is 0. The number of hydrogen-bond donors (Lipinski definition) is 0. The highest BCUT2D eigenvalue weighted by molar-refractivity contribution is 8.30. The van der Waals surface area contributed by atoms with Gasteiger partial charge in [-0.15, -0.1) is 0 Å². The van der Waals surface area contributed by atoms with Gasteiger partial charge in [0.25, 0.3) is 0 Å². The molecule has 83 heavy (non-hydrogen) atoms. The fourth-order valence-corrected chi connectivity index (χ4v) is 10.5. The molecule has 0 aliphatic carbocycles. The summed E-state index contributed by atoms with van der Waals surface area (Å²) in [6, 6.07) is 6.91. The minimum absolute atomic E-state index is 0.218. The fourth-order valence-electron chi connectivity index (χ4n) is 7.45. The molecule has 5 nitrogen and oxygen atoms in total. The molecule has 0 spiro atoms.